The van der Waals surface area contributed by atoms with Crippen molar-refractivity contribution in [3.8, 4) is 22.8 Å². The largest absolute Gasteiger partial charge is 0.496 e. The third-order valence-corrected chi connectivity index (χ3v) is 8.22. The molecule has 6 heterocycles. The summed E-state index contributed by atoms with van der Waals surface area (Å²) in [6, 6.07) is 3.84. The second-order valence-corrected chi connectivity index (χ2v) is 11.2. The molecule has 1 aliphatic heterocycles. The number of carbonyl (C=O) groups excluding carboxylic acids is 1. The maximum Gasteiger partial charge on any atom is 0.256 e. The zero-order chi connectivity index (χ0) is 29.0. The summed E-state index contributed by atoms with van der Waals surface area (Å²) in [5, 5.41) is 5.70. The van der Waals surface area contributed by atoms with E-state index < -0.39 is 0 Å². The van der Waals surface area contributed by atoms with Crippen molar-refractivity contribution < 1.29 is 9.53 Å². The third-order valence-electron chi connectivity index (χ3n) is 8.22. The fraction of sp³-hybridized carbons (Fsp3) is 0.387. The molecular formula is C31H36N8O2. The number of ether oxygens (including phenoxy) is 1. The van der Waals surface area contributed by atoms with Crippen molar-refractivity contribution in [3.05, 3.63) is 65.1 Å². The molecule has 1 saturated heterocycles. The van der Waals surface area contributed by atoms with Crippen LogP contribution in [0.15, 0.2) is 36.9 Å². The van der Waals surface area contributed by atoms with E-state index in [1.807, 2.05) is 54.9 Å². The van der Waals surface area contributed by atoms with Gasteiger partial charge in [-0.25, -0.2) is 9.67 Å². The number of hydrogen-bond donors (Lipinski definition) is 0. The molecule has 5 aromatic rings. The number of rotatable bonds is 5. The first-order valence-corrected chi connectivity index (χ1v) is 14.0. The van der Waals surface area contributed by atoms with Crippen LogP contribution in [0.2, 0.25) is 0 Å². The molecule has 5 aromatic heterocycles. The Balaban J connectivity index is 1.53. The van der Waals surface area contributed by atoms with Gasteiger partial charge in [-0.2, -0.15) is 5.10 Å². The van der Waals surface area contributed by atoms with Crippen LogP contribution >= 0.6 is 0 Å². The topological polar surface area (TPSA) is 93.7 Å². The normalized spacial score (nSPS) is 14.5. The van der Waals surface area contributed by atoms with Crippen LogP contribution in [0, 0.1) is 20.8 Å². The summed E-state index contributed by atoms with van der Waals surface area (Å²) < 4.78 is 9.57. The number of aryl methyl sites for hydroxylation is 3. The molecular weight excluding hydrogens is 516 g/mol. The van der Waals surface area contributed by atoms with Crippen LogP contribution in [0.25, 0.3) is 33.5 Å². The van der Waals surface area contributed by atoms with Gasteiger partial charge in [0.2, 0.25) is 0 Å². The molecule has 212 valence electrons. The molecule has 6 rings (SSSR count). The summed E-state index contributed by atoms with van der Waals surface area (Å²) in [5.41, 5.74) is 7.89. The van der Waals surface area contributed by atoms with Gasteiger partial charge in [-0.05, 0) is 51.4 Å². The highest BCUT2D eigenvalue weighted by Crippen LogP contribution is 2.33. The number of likely N-dealkylation sites (N-methyl/N-ethyl adjacent to an activating group) is 1. The molecule has 0 saturated carbocycles. The lowest BCUT2D eigenvalue weighted by Gasteiger charge is -2.32. The number of amides is 1. The number of fused-ring (bicyclic) bond motifs is 2. The van der Waals surface area contributed by atoms with Crippen LogP contribution in [0.4, 0.5) is 0 Å². The first-order valence-electron chi connectivity index (χ1n) is 14.0. The summed E-state index contributed by atoms with van der Waals surface area (Å²) >= 11 is 0. The van der Waals surface area contributed by atoms with Gasteiger partial charge in [0, 0.05) is 55.3 Å². The van der Waals surface area contributed by atoms with E-state index in [1.165, 1.54) is 0 Å². The average Bonchev–Trinajstić information content (AvgIpc) is 3.51. The smallest absolute Gasteiger partial charge is 0.256 e. The van der Waals surface area contributed by atoms with E-state index in [0.717, 1.165) is 82.1 Å². The van der Waals surface area contributed by atoms with Gasteiger partial charge in [-0.15, -0.1) is 0 Å². The number of pyridine rings is 2. The summed E-state index contributed by atoms with van der Waals surface area (Å²) in [5.74, 6) is 1.62. The summed E-state index contributed by atoms with van der Waals surface area (Å²) in [6.45, 7) is 13.6. The Morgan fingerprint density at radius 2 is 1.80 bits per heavy atom. The molecule has 0 radical (unpaired) electrons. The highest BCUT2D eigenvalue weighted by Gasteiger charge is 2.28. The zero-order valence-corrected chi connectivity index (χ0v) is 24.8. The van der Waals surface area contributed by atoms with Crippen molar-refractivity contribution >= 4 is 22.3 Å². The molecule has 10 heteroatoms. The lowest BCUT2D eigenvalue weighted by Crippen LogP contribution is -2.47. The number of aromatic nitrogens is 6. The van der Waals surface area contributed by atoms with E-state index in [1.54, 1.807) is 19.5 Å². The van der Waals surface area contributed by atoms with Crippen molar-refractivity contribution in [2.45, 2.75) is 40.5 Å². The quantitative estimate of drug-likeness (QED) is 0.315. The molecule has 0 aliphatic carbocycles. The molecule has 1 fully saturated rings. The van der Waals surface area contributed by atoms with Gasteiger partial charge in [0.25, 0.3) is 5.91 Å². The van der Waals surface area contributed by atoms with Crippen molar-refractivity contribution in [1.82, 2.24) is 38.9 Å². The second-order valence-electron chi connectivity index (χ2n) is 11.2. The first-order chi connectivity index (χ1) is 19.7. The lowest BCUT2D eigenvalue weighted by molar-refractivity contribution is 0.0663. The van der Waals surface area contributed by atoms with Gasteiger partial charge in [-0.3, -0.25) is 14.8 Å². The van der Waals surface area contributed by atoms with Gasteiger partial charge in [0.1, 0.15) is 5.75 Å². The van der Waals surface area contributed by atoms with Crippen molar-refractivity contribution in [1.29, 1.82) is 0 Å². The Kier molecular flexibility index (Phi) is 6.73. The fourth-order valence-electron chi connectivity index (χ4n) is 5.89. The molecule has 0 aromatic carbocycles. The minimum Gasteiger partial charge on any atom is -0.496 e. The standard InChI is InChI=1S/C31H36N8O2/c1-18(2)29-30-19(3)28(31(40)37-12-10-36(6)11-13-37)21(5)38(30)17-27(35-29)39-25-14-24(34-20(4)22(25)16-33-39)23-15-32-9-8-26(23)41-7/h8-9,14-18H,10-13H2,1-7H3. The summed E-state index contributed by atoms with van der Waals surface area (Å²) in [7, 11) is 3.74. The van der Waals surface area contributed by atoms with E-state index >= 15 is 0 Å². The Bertz CT molecular complexity index is 1790. The molecule has 10 nitrogen and oxygen atoms in total. The minimum absolute atomic E-state index is 0.0920. The number of methoxy groups -OCH3 is 1. The van der Waals surface area contributed by atoms with Gasteiger partial charge in [-0.1, -0.05) is 13.8 Å². The second kappa shape index (κ2) is 10.3. The van der Waals surface area contributed by atoms with E-state index in [2.05, 4.69) is 35.2 Å². The SMILES string of the molecule is COc1ccncc1-c1cc2c(cnn2-c2cn3c(C)c(C(=O)N4CCN(C)CC4)c(C)c3c(C(C)C)n2)c(C)n1. The molecule has 0 unspecified atom stereocenters. The average molecular weight is 553 g/mol. The van der Waals surface area contributed by atoms with E-state index in [-0.39, 0.29) is 11.8 Å². The summed E-state index contributed by atoms with van der Waals surface area (Å²) in [4.78, 5) is 32.3. The van der Waals surface area contributed by atoms with Crippen LogP contribution in [-0.4, -0.2) is 85.2 Å². The Morgan fingerprint density at radius 1 is 1.05 bits per heavy atom. The van der Waals surface area contributed by atoms with Crippen LogP contribution in [0.1, 0.15) is 52.8 Å². The number of nitrogens with zero attached hydrogens (tertiary/aromatic N) is 8. The van der Waals surface area contributed by atoms with E-state index in [9.17, 15) is 4.79 Å². The Morgan fingerprint density at radius 3 is 2.51 bits per heavy atom. The van der Waals surface area contributed by atoms with Crippen LogP contribution < -0.4 is 4.74 Å². The Hall–Kier alpha value is -4.31. The van der Waals surface area contributed by atoms with Gasteiger partial charge >= 0.3 is 0 Å². The third kappa shape index (κ3) is 4.42. The minimum atomic E-state index is 0.0920. The number of piperazine rings is 1. The zero-order valence-electron chi connectivity index (χ0n) is 24.8. The molecule has 0 bridgehead atoms. The predicted molar refractivity (Wildman–Crippen MR) is 159 cm³/mol. The molecule has 41 heavy (non-hydrogen) atoms. The lowest BCUT2D eigenvalue weighted by atomic mass is 10.0. The predicted octanol–water partition coefficient (Wildman–Crippen LogP) is 4.58. The Labute approximate surface area is 239 Å². The highest BCUT2D eigenvalue weighted by atomic mass is 16.5. The molecule has 1 aliphatic rings. The van der Waals surface area contributed by atoms with E-state index in [4.69, 9.17) is 19.8 Å². The van der Waals surface area contributed by atoms with E-state index in [0.29, 0.717) is 11.6 Å². The van der Waals surface area contributed by atoms with Crippen molar-refractivity contribution in [3.63, 3.8) is 0 Å². The highest BCUT2D eigenvalue weighted by molar-refractivity contribution is 5.99. The van der Waals surface area contributed by atoms with Crippen molar-refractivity contribution in [2.24, 2.45) is 0 Å². The molecule has 0 spiro atoms. The fourth-order valence-corrected chi connectivity index (χ4v) is 5.89. The van der Waals surface area contributed by atoms with Crippen LogP contribution in [0.5, 0.6) is 5.75 Å². The van der Waals surface area contributed by atoms with Crippen LogP contribution in [-0.2, 0) is 0 Å². The van der Waals surface area contributed by atoms with Gasteiger partial charge in [0.15, 0.2) is 5.82 Å². The molecule has 0 N–H and O–H groups in total. The number of carbonyl (C=O) groups is 1. The summed E-state index contributed by atoms with van der Waals surface area (Å²) in [6.07, 6.45) is 7.30. The maximum absolute atomic E-state index is 13.8. The van der Waals surface area contributed by atoms with Gasteiger partial charge < -0.3 is 18.9 Å². The monoisotopic (exact) mass is 552 g/mol. The molecule has 1 amide bonds. The molecule has 0 atom stereocenters. The first kappa shape index (κ1) is 26.9. The maximum atomic E-state index is 13.8. The van der Waals surface area contributed by atoms with Crippen LogP contribution in [0.3, 0.4) is 0 Å². The van der Waals surface area contributed by atoms with Crippen molar-refractivity contribution in [2.75, 3.05) is 40.3 Å². The van der Waals surface area contributed by atoms with Gasteiger partial charge in [0.05, 0.1) is 53.1 Å². The number of hydrogen-bond acceptors (Lipinski definition) is 7.